The van der Waals surface area contributed by atoms with Crippen molar-refractivity contribution in [3.05, 3.63) is 89.2 Å². The predicted molar refractivity (Wildman–Crippen MR) is 125 cm³/mol. The van der Waals surface area contributed by atoms with Crippen molar-refractivity contribution in [2.45, 2.75) is 12.5 Å². The molecule has 1 heterocycles. The van der Waals surface area contributed by atoms with Gasteiger partial charge in [0.25, 0.3) is 0 Å². The van der Waals surface area contributed by atoms with E-state index in [0.717, 1.165) is 11.6 Å². The molecule has 0 saturated heterocycles. The minimum Gasteiger partial charge on any atom is -0.326 e. The van der Waals surface area contributed by atoms with Gasteiger partial charge >= 0.3 is 6.03 Å². The second-order valence-electron chi connectivity index (χ2n) is 7.46. The second-order valence-corrected chi connectivity index (χ2v) is 7.87. The summed E-state index contributed by atoms with van der Waals surface area (Å²) in [5.74, 6) is -1.45. The molecule has 7 nitrogen and oxygen atoms in total. The molecule has 3 aromatic rings. The summed E-state index contributed by atoms with van der Waals surface area (Å²) < 4.78 is 13.5. The number of nitrogens with zero attached hydrogens (tertiary/aromatic N) is 1. The van der Waals surface area contributed by atoms with E-state index in [1.165, 1.54) is 17.0 Å². The molecule has 0 spiro atoms. The monoisotopic (exact) mass is 466 g/mol. The molecule has 1 aliphatic rings. The molecule has 0 aromatic heterocycles. The van der Waals surface area contributed by atoms with Crippen molar-refractivity contribution in [2.75, 3.05) is 22.1 Å². The molecule has 3 N–H and O–H groups in total. The van der Waals surface area contributed by atoms with Crippen LogP contribution in [-0.2, 0) is 16.0 Å². The van der Waals surface area contributed by atoms with Gasteiger partial charge in [-0.2, -0.15) is 0 Å². The smallest absolute Gasteiger partial charge is 0.323 e. The van der Waals surface area contributed by atoms with Gasteiger partial charge in [0.2, 0.25) is 11.8 Å². The average Bonchev–Trinajstić information content (AvgIpc) is 2.81. The fourth-order valence-electron chi connectivity index (χ4n) is 3.50. The van der Waals surface area contributed by atoms with Crippen LogP contribution in [-0.4, -0.2) is 30.4 Å². The summed E-state index contributed by atoms with van der Waals surface area (Å²) >= 11 is 5.81. The lowest BCUT2D eigenvalue weighted by molar-refractivity contribution is -0.118. The van der Waals surface area contributed by atoms with Gasteiger partial charge in [0.15, 0.2) is 0 Å². The molecule has 3 aromatic carbocycles. The first kappa shape index (κ1) is 22.3. The highest BCUT2D eigenvalue weighted by atomic mass is 35.5. The van der Waals surface area contributed by atoms with Crippen LogP contribution in [0.3, 0.4) is 0 Å². The first-order valence-electron chi connectivity index (χ1n) is 10.2. The molecule has 0 unspecified atom stereocenters. The number of para-hydroxylation sites is 2. The van der Waals surface area contributed by atoms with E-state index in [2.05, 4.69) is 16.0 Å². The van der Waals surface area contributed by atoms with Crippen molar-refractivity contribution >= 4 is 46.5 Å². The standard InChI is InChI=1S/C24H20ClFN4O3/c25-17-13-16(10-11-18(17)26)27-23(32)20(12-15-6-2-1-3-7-15)29-24(33)30-14-22(31)28-19-8-4-5-9-21(19)30/h1-11,13,20H,12,14H2,(H,27,32)(H,28,31)(H,29,33)/t20-/m1/s1. The maximum absolute atomic E-state index is 13.5. The first-order valence-corrected chi connectivity index (χ1v) is 10.6. The number of urea groups is 1. The van der Waals surface area contributed by atoms with Crippen LogP contribution in [0.5, 0.6) is 0 Å². The Kier molecular flexibility index (Phi) is 6.55. The number of anilines is 3. The van der Waals surface area contributed by atoms with Crippen LogP contribution in [0.25, 0.3) is 0 Å². The zero-order chi connectivity index (χ0) is 23.4. The van der Waals surface area contributed by atoms with E-state index in [0.29, 0.717) is 17.1 Å². The highest BCUT2D eigenvalue weighted by Crippen LogP contribution is 2.29. The minimum atomic E-state index is -0.971. The lowest BCUT2D eigenvalue weighted by Crippen LogP contribution is -2.53. The van der Waals surface area contributed by atoms with E-state index >= 15 is 0 Å². The molecule has 0 radical (unpaired) electrons. The molecule has 0 aliphatic carbocycles. The third kappa shape index (κ3) is 5.30. The van der Waals surface area contributed by atoms with Gasteiger partial charge in [-0.05, 0) is 35.9 Å². The number of fused-ring (bicyclic) bond motifs is 1. The molecule has 1 atom stereocenters. The van der Waals surface area contributed by atoms with Gasteiger partial charge in [-0.1, -0.05) is 54.1 Å². The highest BCUT2D eigenvalue weighted by Gasteiger charge is 2.30. The number of benzene rings is 3. The van der Waals surface area contributed by atoms with E-state index in [1.54, 1.807) is 24.3 Å². The van der Waals surface area contributed by atoms with Crippen LogP contribution in [0.15, 0.2) is 72.8 Å². The summed E-state index contributed by atoms with van der Waals surface area (Å²) in [6.45, 7) is -0.184. The van der Waals surface area contributed by atoms with Gasteiger partial charge in [-0.15, -0.1) is 0 Å². The average molecular weight is 467 g/mol. The van der Waals surface area contributed by atoms with Crippen molar-refractivity contribution in [1.82, 2.24) is 5.32 Å². The van der Waals surface area contributed by atoms with Crippen molar-refractivity contribution < 1.29 is 18.8 Å². The third-order valence-electron chi connectivity index (χ3n) is 5.10. The zero-order valence-corrected chi connectivity index (χ0v) is 18.1. The number of carbonyl (C=O) groups is 3. The maximum Gasteiger partial charge on any atom is 0.323 e. The van der Waals surface area contributed by atoms with E-state index < -0.39 is 23.8 Å². The van der Waals surface area contributed by atoms with Crippen molar-refractivity contribution in [3.63, 3.8) is 0 Å². The Labute approximate surface area is 194 Å². The summed E-state index contributed by atoms with van der Waals surface area (Å²) in [5, 5.41) is 7.98. The van der Waals surface area contributed by atoms with Crippen molar-refractivity contribution in [1.29, 1.82) is 0 Å². The van der Waals surface area contributed by atoms with E-state index in [4.69, 9.17) is 11.6 Å². The SMILES string of the molecule is O=C1CN(C(=O)N[C@H](Cc2ccccc2)C(=O)Nc2ccc(F)c(Cl)c2)c2ccccc2N1. The van der Waals surface area contributed by atoms with Gasteiger partial charge in [0.05, 0.1) is 16.4 Å². The summed E-state index contributed by atoms with van der Waals surface area (Å²) in [7, 11) is 0. The fraction of sp³-hybridized carbons (Fsp3) is 0.125. The van der Waals surface area contributed by atoms with Crippen LogP contribution in [0.1, 0.15) is 5.56 Å². The van der Waals surface area contributed by atoms with Gasteiger partial charge in [0, 0.05) is 12.1 Å². The highest BCUT2D eigenvalue weighted by molar-refractivity contribution is 6.31. The second kappa shape index (κ2) is 9.70. The quantitative estimate of drug-likeness (QED) is 0.526. The molecule has 4 amide bonds. The summed E-state index contributed by atoms with van der Waals surface area (Å²) in [5.41, 5.74) is 2.15. The Hall–Kier alpha value is -3.91. The number of carbonyl (C=O) groups excluding carboxylic acids is 3. The van der Waals surface area contributed by atoms with Gasteiger partial charge in [0.1, 0.15) is 18.4 Å². The van der Waals surface area contributed by atoms with Crippen LogP contribution in [0, 0.1) is 5.82 Å². The number of hydrogen-bond acceptors (Lipinski definition) is 3. The summed E-state index contributed by atoms with van der Waals surface area (Å²) in [6.07, 6.45) is 0.203. The van der Waals surface area contributed by atoms with Crippen LogP contribution < -0.4 is 20.9 Å². The molecule has 0 bridgehead atoms. The molecular weight excluding hydrogens is 447 g/mol. The topological polar surface area (TPSA) is 90.5 Å². The molecule has 9 heteroatoms. The Morgan fingerprint density at radius 2 is 1.79 bits per heavy atom. The third-order valence-corrected chi connectivity index (χ3v) is 5.39. The number of halogens is 2. The maximum atomic E-state index is 13.5. The van der Waals surface area contributed by atoms with E-state index in [1.807, 2.05) is 30.3 Å². The predicted octanol–water partition coefficient (Wildman–Crippen LogP) is 4.20. The zero-order valence-electron chi connectivity index (χ0n) is 17.3. The first-order chi connectivity index (χ1) is 15.9. The van der Waals surface area contributed by atoms with E-state index in [-0.39, 0.29) is 23.9 Å². The molecule has 33 heavy (non-hydrogen) atoms. The summed E-state index contributed by atoms with van der Waals surface area (Å²) in [4.78, 5) is 39.6. The van der Waals surface area contributed by atoms with Crippen molar-refractivity contribution in [3.8, 4) is 0 Å². The normalized spacial score (nSPS) is 13.5. The molecule has 1 aliphatic heterocycles. The molecule has 168 valence electrons. The lowest BCUT2D eigenvalue weighted by atomic mass is 10.1. The Morgan fingerprint density at radius 3 is 2.55 bits per heavy atom. The minimum absolute atomic E-state index is 0.132. The Balaban J connectivity index is 1.57. The number of amides is 4. The van der Waals surface area contributed by atoms with E-state index in [9.17, 15) is 18.8 Å². The Morgan fingerprint density at radius 1 is 1.06 bits per heavy atom. The largest absolute Gasteiger partial charge is 0.326 e. The number of nitrogens with one attached hydrogen (secondary N) is 3. The van der Waals surface area contributed by atoms with Crippen molar-refractivity contribution in [2.24, 2.45) is 0 Å². The molecule has 0 saturated carbocycles. The van der Waals surface area contributed by atoms with Crippen LogP contribution in [0.2, 0.25) is 5.02 Å². The molecule has 0 fully saturated rings. The fourth-order valence-corrected chi connectivity index (χ4v) is 3.68. The summed E-state index contributed by atoms with van der Waals surface area (Å²) in [6, 6.07) is 18.3. The number of hydrogen-bond donors (Lipinski definition) is 3. The molecular formula is C24H20ClFN4O3. The lowest BCUT2D eigenvalue weighted by Gasteiger charge is -2.30. The van der Waals surface area contributed by atoms with Gasteiger partial charge in [-0.3, -0.25) is 14.5 Å². The van der Waals surface area contributed by atoms with Gasteiger partial charge < -0.3 is 16.0 Å². The molecule has 4 rings (SSSR count). The van der Waals surface area contributed by atoms with Crippen LogP contribution in [0.4, 0.5) is 26.2 Å². The van der Waals surface area contributed by atoms with Gasteiger partial charge in [-0.25, -0.2) is 9.18 Å². The number of rotatable bonds is 5. The van der Waals surface area contributed by atoms with Crippen LogP contribution >= 0.6 is 11.6 Å². The Bertz CT molecular complexity index is 1210.